The fraction of sp³-hybridized carbons (Fsp3) is 0.909. The first-order valence-electron chi connectivity index (χ1n) is 5.72. The Morgan fingerprint density at radius 3 is 2.60 bits per heavy atom. The molecule has 0 bridgehead atoms. The Balaban J connectivity index is 3.65. The number of likely N-dealkylation sites (N-methyl/N-ethyl adjacent to an activating group) is 1. The summed E-state index contributed by atoms with van der Waals surface area (Å²) in [6.07, 6.45) is 3.58. The molecule has 1 atom stereocenters. The van der Waals surface area contributed by atoms with E-state index >= 15 is 0 Å². The van der Waals surface area contributed by atoms with Crippen molar-refractivity contribution in [3.63, 3.8) is 0 Å². The van der Waals surface area contributed by atoms with Crippen LogP contribution in [0.3, 0.4) is 0 Å². The van der Waals surface area contributed by atoms with Crippen molar-refractivity contribution in [3.8, 4) is 0 Å². The number of hydrogen-bond acceptors (Lipinski definition) is 4. The predicted molar refractivity (Wildman–Crippen MR) is 61.6 cm³/mol. The van der Waals surface area contributed by atoms with Gasteiger partial charge in [-0.2, -0.15) is 0 Å². The van der Waals surface area contributed by atoms with E-state index in [0.29, 0.717) is 13.2 Å². The van der Waals surface area contributed by atoms with Crippen LogP contribution in [0.15, 0.2) is 0 Å². The molecular weight excluding hydrogens is 192 g/mol. The summed E-state index contributed by atoms with van der Waals surface area (Å²) in [4.78, 5) is 13.3. The van der Waals surface area contributed by atoms with E-state index in [1.807, 2.05) is 7.05 Å². The maximum Gasteiger partial charge on any atom is 0.324 e. The molecular formula is C11H24N2O2. The molecule has 0 aromatic rings. The zero-order valence-corrected chi connectivity index (χ0v) is 10.2. The monoisotopic (exact) mass is 216 g/mol. The zero-order valence-electron chi connectivity index (χ0n) is 10.2. The van der Waals surface area contributed by atoms with Gasteiger partial charge in [-0.05, 0) is 26.9 Å². The molecule has 90 valence electrons. The summed E-state index contributed by atoms with van der Waals surface area (Å²) < 4.78 is 4.84. The van der Waals surface area contributed by atoms with Crippen molar-refractivity contribution in [3.05, 3.63) is 0 Å². The highest BCUT2D eigenvalue weighted by atomic mass is 16.5. The van der Waals surface area contributed by atoms with Gasteiger partial charge in [0, 0.05) is 6.54 Å². The third-order valence-corrected chi connectivity index (χ3v) is 2.24. The van der Waals surface area contributed by atoms with Gasteiger partial charge in [0.15, 0.2) is 0 Å². The molecule has 0 heterocycles. The Labute approximate surface area is 92.8 Å². The van der Waals surface area contributed by atoms with Gasteiger partial charge in [-0.25, -0.2) is 0 Å². The molecule has 0 aromatic heterocycles. The number of carbonyl (C=O) groups excluding carboxylic acids is 1. The molecule has 1 unspecified atom stereocenters. The Morgan fingerprint density at radius 2 is 2.07 bits per heavy atom. The average molecular weight is 216 g/mol. The summed E-state index contributed by atoms with van der Waals surface area (Å²) in [5, 5.41) is 0. The van der Waals surface area contributed by atoms with E-state index in [0.717, 1.165) is 13.0 Å². The zero-order chi connectivity index (χ0) is 11.7. The van der Waals surface area contributed by atoms with Crippen molar-refractivity contribution in [1.82, 2.24) is 4.90 Å². The lowest BCUT2D eigenvalue weighted by atomic mass is 10.2. The number of unbranched alkanes of at least 4 members (excludes halogenated alkanes) is 2. The number of ether oxygens (including phenoxy) is 1. The van der Waals surface area contributed by atoms with Crippen LogP contribution in [0.4, 0.5) is 0 Å². The largest absolute Gasteiger partial charge is 0.465 e. The van der Waals surface area contributed by atoms with Crippen molar-refractivity contribution >= 4 is 5.97 Å². The highest BCUT2D eigenvalue weighted by molar-refractivity contribution is 5.75. The number of carbonyl (C=O) groups is 1. The van der Waals surface area contributed by atoms with Crippen molar-refractivity contribution in [2.24, 2.45) is 5.73 Å². The Kier molecular flexibility index (Phi) is 8.33. The first-order chi connectivity index (χ1) is 7.11. The predicted octanol–water partition coefficient (Wildman–Crippen LogP) is 0.999. The van der Waals surface area contributed by atoms with Crippen LogP contribution in [-0.4, -0.2) is 43.7 Å². The Hall–Kier alpha value is -0.610. The van der Waals surface area contributed by atoms with Crippen LogP contribution in [0.2, 0.25) is 0 Å². The lowest BCUT2D eigenvalue weighted by Crippen LogP contribution is -2.42. The summed E-state index contributed by atoms with van der Waals surface area (Å²) in [7, 11) is 1.98. The van der Waals surface area contributed by atoms with Crippen LogP contribution >= 0.6 is 0 Å². The standard InChI is InChI=1S/C11H24N2O2/c1-4-6-7-8-13(3)9-10(12)11(14)15-5-2/h10H,4-9,12H2,1-3H3. The normalized spacial score (nSPS) is 12.9. The molecule has 0 rings (SSSR count). The SMILES string of the molecule is CCCCCN(C)CC(N)C(=O)OCC. The van der Waals surface area contributed by atoms with Crippen molar-refractivity contribution < 1.29 is 9.53 Å². The molecule has 0 amide bonds. The van der Waals surface area contributed by atoms with Gasteiger partial charge in [0.1, 0.15) is 6.04 Å². The van der Waals surface area contributed by atoms with Gasteiger partial charge >= 0.3 is 5.97 Å². The maximum atomic E-state index is 11.2. The second-order valence-corrected chi connectivity index (χ2v) is 3.83. The van der Waals surface area contributed by atoms with Crippen LogP contribution in [0.25, 0.3) is 0 Å². The van der Waals surface area contributed by atoms with Crippen LogP contribution < -0.4 is 5.73 Å². The van der Waals surface area contributed by atoms with Gasteiger partial charge in [0.05, 0.1) is 6.61 Å². The summed E-state index contributed by atoms with van der Waals surface area (Å²) in [5.74, 6) is -0.306. The fourth-order valence-electron chi connectivity index (χ4n) is 1.38. The molecule has 15 heavy (non-hydrogen) atoms. The molecule has 4 heteroatoms. The van der Waals surface area contributed by atoms with Crippen LogP contribution in [0, 0.1) is 0 Å². The molecule has 0 spiro atoms. The molecule has 0 saturated carbocycles. The first kappa shape index (κ1) is 14.4. The minimum atomic E-state index is -0.517. The van der Waals surface area contributed by atoms with Gasteiger partial charge in [-0.3, -0.25) is 4.79 Å². The second-order valence-electron chi connectivity index (χ2n) is 3.83. The van der Waals surface area contributed by atoms with E-state index < -0.39 is 6.04 Å². The van der Waals surface area contributed by atoms with E-state index in [2.05, 4.69) is 11.8 Å². The Bertz CT molecular complexity index is 174. The molecule has 0 fully saturated rings. The van der Waals surface area contributed by atoms with Crippen LogP contribution in [0.1, 0.15) is 33.1 Å². The van der Waals surface area contributed by atoms with Gasteiger partial charge < -0.3 is 15.4 Å². The van der Waals surface area contributed by atoms with E-state index in [1.165, 1.54) is 12.8 Å². The fourth-order valence-corrected chi connectivity index (χ4v) is 1.38. The van der Waals surface area contributed by atoms with E-state index in [-0.39, 0.29) is 5.97 Å². The van der Waals surface area contributed by atoms with E-state index in [4.69, 9.17) is 10.5 Å². The second kappa shape index (κ2) is 8.68. The third kappa shape index (κ3) is 7.33. The van der Waals surface area contributed by atoms with Crippen molar-refractivity contribution in [2.45, 2.75) is 39.2 Å². The van der Waals surface area contributed by atoms with Gasteiger partial charge in [-0.1, -0.05) is 19.8 Å². The number of rotatable bonds is 8. The minimum absolute atomic E-state index is 0.306. The van der Waals surface area contributed by atoms with Crippen molar-refractivity contribution in [2.75, 3.05) is 26.7 Å². The topological polar surface area (TPSA) is 55.6 Å². The number of esters is 1. The quantitative estimate of drug-likeness (QED) is 0.486. The third-order valence-electron chi connectivity index (χ3n) is 2.24. The summed E-state index contributed by atoms with van der Waals surface area (Å²) in [6, 6.07) is -0.517. The van der Waals surface area contributed by atoms with Gasteiger partial charge in [-0.15, -0.1) is 0 Å². The summed E-state index contributed by atoms with van der Waals surface area (Å²) in [5.41, 5.74) is 5.69. The highest BCUT2D eigenvalue weighted by Gasteiger charge is 2.16. The maximum absolute atomic E-state index is 11.2. The molecule has 0 aliphatic carbocycles. The lowest BCUT2D eigenvalue weighted by molar-refractivity contribution is -0.145. The van der Waals surface area contributed by atoms with Crippen LogP contribution in [-0.2, 0) is 9.53 Å². The molecule has 4 nitrogen and oxygen atoms in total. The lowest BCUT2D eigenvalue weighted by Gasteiger charge is -2.19. The number of nitrogens with two attached hydrogens (primary N) is 1. The smallest absolute Gasteiger partial charge is 0.324 e. The highest BCUT2D eigenvalue weighted by Crippen LogP contribution is 1.97. The number of hydrogen-bond donors (Lipinski definition) is 1. The van der Waals surface area contributed by atoms with Crippen LogP contribution in [0.5, 0.6) is 0 Å². The molecule has 2 N–H and O–H groups in total. The molecule has 0 saturated heterocycles. The summed E-state index contributed by atoms with van der Waals surface area (Å²) >= 11 is 0. The van der Waals surface area contributed by atoms with E-state index in [9.17, 15) is 4.79 Å². The molecule has 0 aromatic carbocycles. The van der Waals surface area contributed by atoms with Gasteiger partial charge in [0.2, 0.25) is 0 Å². The molecule has 0 radical (unpaired) electrons. The number of nitrogens with zero attached hydrogens (tertiary/aromatic N) is 1. The van der Waals surface area contributed by atoms with E-state index in [1.54, 1.807) is 6.92 Å². The minimum Gasteiger partial charge on any atom is -0.465 e. The average Bonchev–Trinajstić information content (AvgIpc) is 2.18. The van der Waals surface area contributed by atoms with Crippen molar-refractivity contribution in [1.29, 1.82) is 0 Å². The Morgan fingerprint density at radius 1 is 1.40 bits per heavy atom. The first-order valence-corrected chi connectivity index (χ1v) is 5.72. The summed E-state index contributed by atoms with van der Waals surface area (Å²) in [6.45, 7) is 5.91. The van der Waals surface area contributed by atoms with Gasteiger partial charge in [0.25, 0.3) is 0 Å². The molecule has 0 aliphatic rings. The molecule has 0 aliphatic heterocycles.